The first-order chi connectivity index (χ1) is 7.91. The fourth-order valence-electron chi connectivity index (χ4n) is 1.07. The normalized spacial score (nSPS) is 9.18. The van der Waals surface area contributed by atoms with Gasteiger partial charge in [-0.25, -0.2) is 4.79 Å². The van der Waals surface area contributed by atoms with Gasteiger partial charge in [-0.3, -0.25) is 4.79 Å². The van der Waals surface area contributed by atoms with Gasteiger partial charge in [-0.2, -0.15) is 0 Å². The zero-order valence-corrected chi connectivity index (χ0v) is 8.47. The number of aromatic carboxylic acids is 1. The van der Waals surface area contributed by atoms with Crippen molar-refractivity contribution in [2.45, 2.75) is 6.42 Å². The van der Waals surface area contributed by atoms with E-state index in [0.29, 0.717) is 0 Å². The largest absolute Gasteiger partial charge is 0.506 e. The fourth-order valence-corrected chi connectivity index (χ4v) is 1.07. The fraction of sp³-hybridized carbons (Fsp3) is 0.0909. The van der Waals surface area contributed by atoms with Gasteiger partial charge in [0.2, 0.25) is 0 Å². The van der Waals surface area contributed by atoms with E-state index in [0.717, 1.165) is 12.1 Å². The number of hydrogen-bond acceptors (Lipinski definition) is 4. The molecule has 6 nitrogen and oxygen atoms in total. The van der Waals surface area contributed by atoms with Crippen LogP contribution in [-0.4, -0.2) is 32.4 Å². The maximum Gasteiger partial charge on any atom is 0.335 e. The lowest BCUT2D eigenvalue weighted by Crippen LogP contribution is -1.96. The highest BCUT2D eigenvalue weighted by atomic mass is 16.4. The number of aromatic hydroxyl groups is 2. The van der Waals surface area contributed by atoms with Crippen LogP contribution in [0.15, 0.2) is 12.1 Å². The maximum absolute atomic E-state index is 10.6. The lowest BCUT2D eigenvalue weighted by Gasteiger charge is -2.02. The number of rotatable bonds is 2. The highest BCUT2D eigenvalue weighted by Gasteiger charge is 2.11. The maximum atomic E-state index is 10.6. The van der Waals surface area contributed by atoms with Crippen molar-refractivity contribution in [2.75, 3.05) is 0 Å². The summed E-state index contributed by atoms with van der Waals surface area (Å²) in [5, 5.41) is 35.8. The smallest absolute Gasteiger partial charge is 0.335 e. The molecule has 0 saturated carbocycles. The van der Waals surface area contributed by atoms with Crippen LogP contribution in [-0.2, 0) is 4.79 Å². The SMILES string of the molecule is O=C(O)CC#Cc1c(O)cc(C(=O)O)cc1O. The van der Waals surface area contributed by atoms with Gasteiger partial charge in [-0.15, -0.1) is 0 Å². The van der Waals surface area contributed by atoms with Crippen molar-refractivity contribution in [3.63, 3.8) is 0 Å². The van der Waals surface area contributed by atoms with E-state index < -0.39 is 29.9 Å². The van der Waals surface area contributed by atoms with E-state index in [-0.39, 0.29) is 11.1 Å². The van der Waals surface area contributed by atoms with Gasteiger partial charge in [0.15, 0.2) is 0 Å². The third-order valence-corrected chi connectivity index (χ3v) is 1.80. The van der Waals surface area contributed by atoms with Gasteiger partial charge in [0.1, 0.15) is 23.5 Å². The standard InChI is InChI=1S/C11H8O6/c12-8-4-6(11(16)17)5-9(13)7(8)2-1-3-10(14)15/h4-5,12-13H,3H2,(H,14,15)(H,16,17). The van der Waals surface area contributed by atoms with Crippen LogP contribution >= 0.6 is 0 Å². The van der Waals surface area contributed by atoms with E-state index in [1.165, 1.54) is 0 Å². The predicted octanol–water partition coefficient (Wildman–Crippen LogP) is 0.622. The summed E-state index contributed by atoms with van der Waals surface area (Å²) >= 11 is 0. The molecule has 17 heavy (non-hydrogen) atoms. The summed E-state index contributed by atoms with van der Waals surface area (Å²) in [6, 6.07) is 1.85. The van der Waals surface area contributed by atoms with Gasteiger partial charge in [0, 0.05) is 0 Å². The molecular weight excluding hydrogens is 228 g/mol. The molecule has 0 fully saturated rings. The summed E-state index contributed by atoms with van der Waals surface area (Å²) in [5.74, 6) is 0.997. The second-order valence-corrected chi connectivity index (χ2v) is 3.07. The van der Waals surface area contributed by atoms with Crippen molar-refractivity contribution in [2.24, 2.45) is 0 Å². The van der Waals surface area contributed by atoms with Gasteiger partial charge in [0.05, 0.1) is 5.56 Å². The van der Waals surface area contributed by atoms with Crippen molar-refractivity contribution in [1.82, 2.24) is 0 Å². The van der Waals surface area contributed by atoms with Crippen molar-refractivity contribution in [1.29, 1.82) is 0 Å². The summed E-state index contributed by atoms with van der Waals surface area (Å²) in [4.78, 5) is 20.8. The molecule has 0 bridgehead atoms. The van der Waals surface area contributed by atoms with Gasteiger partial charge in [-0.05, 0) is 12.1 Å². The van der Waals surface area contributed by atoms with E-state index in [1.807, 2.05) is 0 Å². The van der Waals surface area contributed by atoms with Crippen molar-refractivity contribution < 1.29 is 30.0 Å². The molecule has 0 amide bonds. The van der Waals surface area contributed by atoms with Crippen LogP contribution in [0.1, 0.15) is 22.3 Å². The average molecular weight is 236 g/mol. The average Bonchev–Trinajstić information content (AvgIpc) is 2.21. The van der Waals surface area contributed by atoms with Crippen molar-refractivity contribution in [3.8, 4) is 23.3 Å². The molecule has 1 rings (SSSR count). The molecule has 0 aromatic heterocycles. The molecule has 0 aliphatic carbocycles. The first kappa shape index (κ1) is 12.4. The van der Waals surface area contributed by atoms with Crippen LogP contribution in [0.4, 0.5) is 0 Å². The van der Waals surface area contributed by atoms with Crippen LogP contribution in [0.5, 0.6) is 11.5 Å². The second kappa shape index (κ2) is 4.90. The molecule has 88 valence electrons. The van der Waals surface area contributed by atoms with Crippen LogP contribution < -0.4 is 0 Å². The third-order valence-electron chi connectivity index (χ3n) is 1.80. The molecule has 0 radical (unpaired) electrons. The molecule has 6 heteroatoms. The van der Waals surface area contributed by atoms with E-state index in [9.17, 15) is 19.8 Å². The Bertz CT molecular complexity index is 512. The quantitative estimate of drug-likeness (QED) is 0.559. The van der Waals surface area contributed by atoms with Crippen LogP contribution in [0.25, 0.3) is 0 Å². The molecule has 0 spiro atoms. The predicted molar refractivity (Wildman–Crippen MR) is 55.9 cm³/mol. The number of benzene rings is 1. The molecule has 0 saturated heterocycles. The number of aliphatic carboxylic acids is 1. The van der Waals surface area contributed by atoms with E-state index in [1.54, 1.807) is 0 Å². The highest BCUT2D eigenvalue weighted by molar-refractivity contribution is 5.89. The minimum absolute atomic E-state index is 0.198. The van der Waals surface area contributed by atoms with Gasteiger partial charge in [0.25, 0.3) is 0 Å². The Kier molecular flexibility index (Phi) is 3.57. The molecule has 1 aromatic rings. The molecule has 0 aliphatic heterocycles. The monoisotopic (exact) mass is 236 g/mol. The molecule has 0 unspecified atom stereocenters. The summed E-state index contributed by atoms with van der Waals surface area (Å²) < 4.78 is 0. The van der Waals surface area contributed by atoms with Gasteiger partial charge in [-0.1, -0.05) is 11.8 Å². The first-order valence-corrected chi connectivity index (χ1v) is 4.41. The minimum atomic E-state index is -1.30. The van der Waals surface area contributed by atoms with E-state index >= 15 is 0 Å². The third kappa shape index (κ3) is 3.14. The van der Waals surface area contributed by atoms with Crippen LogP contribution in [0.3, 0.4) is 0 Å². The molecule has 0 atom stereocenters. The zero-order chi connectivity index (χ0) is 13.0. The number of phenols is 2. The second-order valence-electron chi connectivity index (χ2n) is 3.07. The number of carboxylic acid groups (broad SMARTS) is 2. The van der Waals surface area contributed by atoms with Crippen LogP contribution in [0.2, 0.25) is 0 Å². The van der Waals surface area contributed by atoms with E-state index in [4.69, 9.17) is 10.2 Å². The lowest BCUT2D eigenvalue weighted by molar-refractivity contribution is -0.135. The first-order valence-electron chi connectivity index (χ1n) is 4.41. The van der Waals surface area contributed by atoms with Crippen molar-refractivity contribution >= 4 is 11.9 Å². The number of phenolic OH excluding ortho intramolecular Hbond substituents is 2. The highest BCUT2D eigenvalue weighted by Crippen LogP contribution is 2.27. The van der Waals surface area contributed by atoms with Gasteiger partial charge < -0.3 is 20.4 Å². The van der Waals surface area contributed by atoms with Gasteiger partial charge >= 0.3 is 11.9 Å². The minimum Gasteiger partial charge on any atom is -0.506 e. The summed E-state index contributed by atoms with van der Waals surface area (Å²) in [6.45, 7) is 0. The number of hydrogen-bond donors (Lipinski definition) is 4. The topological polar surface area (TPSA) is 115 Å². The number of carboxylic acids is 2. The molecule has 1 aromatic carbocycles. The summed E-state index contributed by atoms with van der Waals surface area (Å²) in [7, 11) is 0. The van der Waals surface area contributed by atoms with Crippen molar-refractivity contribution in [3.05, 3.63) is 23.3 Å². The Morgan fingerprint density at radius 1 is 1.12 bits per heavy atom. The Morgan fingerprint density at radius 3 is 2.06 bits per heavy atom. The molecule has 0 heterocycles. The lowest BCUT2D eigenvalue weighted by atomic mass is 10.1. The van der Waals surface area contributed by atoms with E-state index in [2.05, 4.69) is 11.8 Å². The zero-order valence-electron chi connectivity index (χ0n) is 8.47. The molecule has 0 aliphatic rings. The summed E-state index contributed by atoms with van der Waals surface area (Å²) in [6.07, 6.45) is -0.445. The Balaban J connectivity index is 3.13. The Labute approximate surface area is 95.8 Å². The van der Waals surface area contributed by atoms with Crippen LogP contribution in [0, 0.1) is 11.8 Å². The number of carbonyl (C=O) groups is 2. The Hall–Kier alpha value is -2.68. The Morgan fingerprint density at radius 2 is 1.65 bits per heavy atom. The molecular formula is C11H8O6. The molecule has 4 N–H and O–H groups in total. The summed E-state index contributed by atoms with van der Waals surface area (Å²) in [5.41, 5.74) is -0.486.